The van der Waals surface area contributed by atoms with Gasteiger partial charge in [-0.1, -0.05) is 43.5 Å². The van der Waals surface area contributed by atoms with Crippen LogP contribution in [0.4, 0.5) is 9.18 Å². The van der Waals surface area contributed by atoms with Crippen LogP contribution in [-0.4, -0.2) is 35.3 Å². The Labute approximate surface area is 211 Å². The second-order valence-electron chi connectivity index (χ2n) is 10.3. The molecule has 190 valence electrons. The zero-order chi connectivity index (χ0) is 25.3. The van der Waals surface area contributed by atoms with Crippen molar-refractivity contribution in [2.45, 2.75) is 57.6 Å². The minimum absolute atomic E-state index is 0.0529. The Morgan fingerprint density at radius 3 is 2.83 bits per heavy atom. The summed E-state index contributed by atoms with van der Waals surface area (Å²) in [5, 5.41) is 2.95. The number of ether oxygens (including phenoxy) is 2. The van der Waals surface area contributed by atoms with Crippen molar-refractivity contribution >= 4 is 18.1 Å². The number of fused-ring (bicyclic) bond motifs is 2. The van der Waals surface area contributed by atoms with Gasteiger partial charge in [-0.2, -0.15) is 0 Å². The van der Waals surface area contributed by atoms with Gasteiger partial charge in [0.25, 0.3) is 0 Å². The molecule has 2 aromatic rings. The van der Waals surface area contributed by atoms with E-state index in [2.05, 4.69) is 16.4 Å². The second kappa shape index (κ2) is 10.0. The third-order valence-electron chi connectivity index (χ3n) is 8.23. The van der Waals surface area contributed by atoms with Gasteiger partial charge in [-0.25, -0.2) is 14.0 Å². The quantitative estimate of drug-likeness (QED) is 0.536. The van der Waals surface area contributed by atoms with Crippen LogP contribution in [-0.2, 0) is 14.3 Å². The number of cyclic esters (lactones) is 1. The molecule has 1 aromatic carbocycles. The average Bonchev–Trinajstić information content (AvgIpc) is 3.11. The lowest BCUT2D eigenvalue weighted by molar-refractivity contribution is -0.147. The molecule has 5 rings (SSSR count). The molecule has 1 aliphatic heterocycles. The number of hydrogen-bond donors (Lipinski definition) is 1. The Kier molecular flexibility index (Phi) is 6.82. The van der Waals surface area contributed by atoms with E-state index in [0.29, 0.717) is 18.3 Å². The Balaban J connectivity index is 1.45. The van der Waals surface area contributed by atoms with Gasteiger partial charge in [-0.3, -0.25) is 4.98 Å². The summed E-state index contributed by atoms with van der Waals surface area (Å²) in [5.74, 6) is -0.0201. The van der Waals surface area contributed by atoms with Crippen LogP contribution >= 0.6 is 0 Å². The maximum absolute atomic E-state index is 13.6. The fraction of sp³-hybridized carbons (Fsp3) is 0.483. The lowest BCUT2D eigenvalue weighted by Crippen LogP contribution is -2.63. The van der Waals surface area contributed by atoms with E-state index in [4.69, 9.17) is 9.47 Å². The molecule has 1 aromatic heterocycles. The molecule has 6 nitrogen and oxygen atoms in total. The molecule has 0 bridgehead atoms. The number of pyridine rings is 1. The summed E-state index contributed by atoms with van der Waals surface area (Å²) >= 11 is 0. The summed E-state index contributed by atoms with van der Waals surface area (Å²) in [4.78, 5) is 30.3. The Bertz CT molecular complexity index is 1150. The van der Waals surface area contributed by atoms with Crippen LogP contribution in [0.25, 0.3) is 17.2 Å². The van der Waals surface area contributed by atoms with Crippen LogP contribution in [0.1, 0.15) is 51.6 Å². The number of alkyl carbamates (subject to hydrolysis) is 1. The molecule has 2 heterocycles. The van der Waals surface area contributed by atoms with Gasteiger partial charge in [-0.15, -0.1) is 0 Å². The molecular formula is C29H33FN2O4. The van der Waals surface area contributed by atoms with E-state index in [-0.39, 0.29) is 36.3 Å². The Hall–Kier alpha value is -3.22. The largest absolute Gasteiger partial charge is 0.460 e. The first-order valence-electron chi connectivity index (χ1n) is 13.0. The Morgan fingerprint density at radius 2 is 2.08 bits per heavy atom. The van der Waals surface area contributed by atoms with Crippen molar-refractivity contribution in [1.29, 1.82) is 0 Å². The minimum Gasteiger partial charge on any atom is -0.460 e. The SMILES string of the molecule is CCOC(=O)NC12CC3CCCCC3C(/C=C/c3ccc(-c4cccc(F)c4)cn3)C1C(C)OC2=O. The highest BCUT2D eigenvalue weighted by Gasteiger charge is 2.64. The van der Waals surface area contributed by atoms with Gasteiger partial charge in [0, 0.05) is 17.7 Å². The number of aromatic nitrogens is 1. The van der Waals surface area contributed by atoms with E-state index in [1.54, 1.807) is 19.2 Å². The van der Waals surface area contributed by atoms with Gasteiger partial charge in [0.1, 0.15) is 17.5 Å². The molecule has 36 heavy (non-hydrogen) atoms. The highest BCUT2D eigenvalue weighted by atomic mass is 19.1. The number of esters is 1. The third-order valence-corrected chi connectivity index (χ3v) is 8.23. The van der Waals surface area contributed by atoms with Crippen molar-refractivity contribution in [3.05, 3.63) is 60.2 Å². The standard InChI is InChI=1S/C29H33FN2O4/c1-3-35-28(34)32-29-16-20-7-4-5-10-24(20)25(26(29)18(2)36-27(29)33)14-13-23-12-11-21(17-31-23)19-8-6-9-22(30)15-19/h6,8-9,11-15,17-18,20,24-26H,3-5,7,10,16H2,1-2H3,(H,32,34)/b14-13+. The highest BCUT2D eigenvalue weighted by molar-refractivity contribution is 5.88. The van der Waals surface area contributed by atoms with Crippen LogP contribution in [0.2, 0.25) is 0 Å². The van der Waals surface area contributed by atoms with E-state index in [1.165, 1.54) is 18.6 Å². The van der Waals surface area contributed by atoms with Crippen LogP contribution in [0.3, 0.4) is 0 Å². The summed E-state index contributed by atoms with van der Waals surface area (Å²) in [5.41, 5.74) is 1.33. The number of carbonyl (C=O) groups is 2. The van der Waals surface area contributed by atoms with E-state index >= 15 is 0 Å². The normalized spacial score (nSPS) is 31.4. The molecule has 2 aliphatic carbocycles. The van der Waals surface area contributed by atoms with Crippen molar-refractivity contribution in [2.75, 3.05) is 6.61 Å². The minimum atomic E-state index is -1.08. The molecule has 3 aliphatic rings. The van der Waals surface area contributed by atoms with Crippen LogP contribution < -0.4 is 5.32 Å². The fourth-order valence-corrected chi connectivity index (χ4v) is 6.77. The zero-order valence-corrected chi connectivity index (χ0v) is 20.8. The van der Waals surface area contributed by atoms with Gasteiger partial charge < -0.3 is 14.8 Å². The predicted molar refractivity (Wildman–Crippen MR) is 134 cm³/mol. The van der Waals surface area contributed by atoms with Crippen LogP contribution in [0.15, 0.2) is 48.7 Å². The number of nitrogens with one attached hydrogen (secondary N) is 1. The first kappa shape index (κ1) is 24.5. The average molecular weight is 493 g/mol. The number of rotatable bonds is 5. The summed E-state index contributed by atoms with van der Waals surface area (Å²) < 4.78 is 24.6. The lowest BCUT2D eigenvalue weighted by atomic mass is 9.54. The molecule has 6 atom stereocenters. The molecule has 1 amide bonds. The van der Waals surface area contributed by atoms with Gasteiger partial charge in [0.2, 0.25) is 0 Å². The van der Waals surface area contributed by atoms with Gasteiger partial charge in [-0.05, 0) is 74.3 Å². The number of amides is 1. The van der Waals surface area contributed by atoms with Crippen molar-refractivity contribution in [1.82, 2.24) is 10.3 Å². The predicted octanol–water partition coefficient (Wildman–Crippen LogP) is 5.77. The molecule has 2 saturated carbocycles. The maximum atomic E-state index is 13.6. The molecule has 7 heteroatoms. The second-order valence-corrected chi connectivity index (χ2v) is 10.3. The van der Waals surface area contributed by atoms with Gasteiger partial charge >= 0.3 is 12.1 Å². The van der Waals surface area contributed by atoms with Gasteiger partial charge in [0.05, 0.1) is 12.3 Å². The van der Waals surface area contributed by atoms with Crippen LogP contribution in [0, 0.1) is 29.5 Å². The monoisotopic (exact) mass is 492 g/mol. The molecule has 6 unspecified atom stereocenters. The first-order valence-corrected chi connectivity index (χ1v) is 13.0. The highest BCUT2D eigenvalue weighted by Crippen LogP contribution is 2.55. The fourth-order valence-electron chi connectivity index (χ4n) is 6.77. The topological polar surface area (TPSA) is 77.5 Å². The molecule has 1 N–H and O–H groups in total. The smallest absolute Gasteiger partial charge is 0.408 e. The number of allylic oxidation sites excluding steroid dienone is 1. The van der Waals surface area contributed by atoms with Crippen molar-refractivity contribution in [3.8, 4) is 11.1 Å². The summed E-state index contributed by atoms with van der Waals surface area (Å²) in [6, 6.07) is 10.3. The third kappa shape index (κ3) is 4.51. The van der Waals surface area contributed by atoms with E-state index in [1.807, 2.05) is 31.2 Å². The maximum Gasteiger partial charge on any atom is 0.408 e. The number of hydrogen-bond acceptors (Lipinski definition) is 5. The number of carbonyl (C=O) groups excluding carboxylic acids is 2. The summed E-state index contributed by atoms with van der Waals surface area (Å²) in [6.07, 6.45) is 10.0. The molecule has 0 radical (unpaired) electrons. The van der Waals surface area contributed by atoms with Gasteiger partial charge in [0.15, 0.2) is 0 Å². The number of benzene rings is 1. The Morgan fingerprint density at radius 1 is 1.25 bits per heavy atom. The van der Waals surface area contributed by atoms with E-state index in [9.17, 15) is 14.0 Å². The molecule has 0 spiro atoms. The zero-order valence-electron chi connectivity index (χ0n) is 20.8. The summed E-state index contributed by atoms with van der Waals surface area (Å²) in [6.45, 7) is 3.91. The van der Waals surface area contributed by atoms with Crippen molar-refractivity contribution in [2.24, 2.45) is 23.7 Å². The van der Waals surface area contributed by atoms with E-state index < -0.39 is 11.6 Å². The lowest BCUT2D eigenvalue weighted by Gasteiger charge is -2.50. The molecule has 1 saturated heterocycles. The number of nitrogens with zero attached hydrogens (tertiary/aromatic N) is 1. The molecular weight excluding hydrogens is 459 g/mol. The molecule has 3 fully saturated rings. The van der Waals surface area contributed by atoms with Crippen molar-refractivity contribution < 1.29 is 23.5 Å². The van der Waals surface area contributed by atoms with Crippen LogP contribution in [0.5, 0.6) is 0 Å². The van der Waals surface area contributed by atoms with E-state index in [0.717, 1.165) is 36.1 Å². The number of halogens is 1. The summed E-state index contributed by atoms with van der Waals surface area (Å²) in [7, 11) is 0. The first-order chi connectivity index (χ1) is 17.4. The van der Waals surface area contributed by atoms with Crippen molar-refractivity contribution in [3.63, 3.8) is 0 Å².